The monoisotopic (exact) mass is 329 g/mol. The second-order valence-corrected chi connectivity index (χ2v) is 5.50. The summed E-state index contributed by atoms with van der Waals surface area (Å²) in [4.78, 5) is 30.3. The van der Waals surface area contributed by atoms with Crippen LogP contribution < -0.4 is 10.1 Å². The molecule has 0 aliphatic carbocycles. The van der Waals surface area contributed by atoms with Gasteiger partial charge in [-0.3, -0.25) is 4.79 Å². The number of nitrogens with one attached hydrogen (secondary N) is 1. The lowest BCUT2D eigenvalue weighted by Gasteiger charge is -2.17. The van der Waals surface area contributed by atoms with Crippen LogP contribution in [0.3, 0.4) is 0 Å². The fraction of sp³-hybridized carbons (Fsp3) is 0.294. The topological polar surface area (TPSA) is 101 Å². The first kappa shape index (κ1) is 17.4. The van der Waals surface area contributed by atoms with Crippen LogP contribution in [0.25, 0.3) is 0 Å². The number of hydrogen-bond donors (Lipinski definition) is 2. The molecule has 0 saturated carbocycles. The smallest absolute Gasteiger partial charge is 0.356 e. The number of benzene rings is 1. The van der Waals surface area contributed by atoms with Gasteiger partial charge in [0.05, 0.1) is 18.4 Å². The van der Waals surface area contributed by atoms with Gasteiger partial charge in [-0.25, -0.2) is 14.8 Å². The standard InChI is InChI=1S/C17H19N3O4/c1-10-5-4-6-11(2)15(10)24-9-12(3)20-16(21)13-7-19-14(8-18-13)17(22)23/h4-8,12H,9H2,1-3H3,(H,20,21)(H,22,23). The van der Waals surface area contributed by atoms with Gasteiger partial charge in [0.15, 0.2) is 5.69 Å². The second kappa shape index (κ2) is 7.54. The minimum absolute atomic E-state index is 0.0546. The van der Waals surface area contributed by atoms with Crippen molar-refractivity contribution in [3.05, 3.63) is 53.1 Å². The second-order valence-electron chi connectivity index (χ2n) is 5.50. The summed E-state index contributed by atoms with van der Waals surface area (Å²) in [6.07, 6.45) is 2.19. The number of carboxylic acids is 1. The third-order valence-corrected chi connectivity index (χ3v) is 3.37. The number of carbonyl (C=O) groups is 2. The van der Waals surface area contributed by atoms with Gasteiger partial charge in [0.2, 0.25) is 0 Å². The van der Waals surface area contributed by atoms with E-state index in [1.807, 2.05) is 39.0 Å². The Labute approximate surface area is 139 Å². The molecule has 1 amide bonds. The largest absolute Gasteiger partial charge is 0.491 e. The van der Waals surface area contributed by atoms with Crippen molar-refractivity contribution < 1.29 is 19.4 Å². The van der Waals surface area contributed by atoms with Gasteiger partial charge < -0.3 is 15.2 Å². The number of rotatable bonds is 6. The number of aromatic carboxylic acids is 1. The number of carbonyl (C=O) groups excluding carboxylic acids is 1. The highest BCUT2D eigenvalue weighted by Gasteiger charge is 2.14. The molecule has 2 aromatic rings. The number of amides is 1. The summed E-state index contributed by atoms with van der Waals surface area (Å²) in [5, 5.41) is 11.5. The number of ether oxygens (including phenoxy) is 1. The molecule has 0 saturated heterocycles. The van der Waals surface area contributed by atoms with E-state index in [0.717, 1.165) is 29.3 Å². The maximum atomic E-state index is 12.1. The number of aryl methyl sites for hydroxylation is 2. The van der Waals surface area contributed by atoms with Crippen LogP contribution in [-0.4, -0.2) is 39.6 Å². The summed E-state index contributed by atoms with van der Waals surface area (Å²) in [6, 6.07) is 5.64. The summed E-state index contributed by atoms with van der Waals surface area (Å²) >= 11 is 0. The Bertz CT molecular complexity index is 724. The van der Waals surface area contributed by atoms with Crippen LogP contribution in [0.1, 0.15) is 39.0 Å². The third-order valence-electron chi connectivity index (χ3n) is 3.37. The van der Waals surface area contributed by atoms with E-state index in [9.17, 15) is 9.59 Å². The van der Waals surface area contributed by atoms with Crippen molar-refractivity contribution in [2.24, 2.45) is 0 Å². The molecule has 1 aromatic carbocycles. The molecule has 1 heterocycles. The minimum Gasteiger partial charge on any atom is -0.491 e. The third kappa shape index (κ3) is 4.28. The van der Waals surface area contributed by atoms with E-state index in [1.165, 1.54) is 0 Å². The first-order chi connectivity index (χ1) is 11.4. The fourth-order valence-corrected chi connectivity index (χ4v) is 2.13. The Balaban J connectivity index is 1.93. The number of aromatic nitrogens is 2. The van der Waals surface area contributed by atoms with Gasteiger partial charge in [-0.2, -0.15) is 0 Å². The van der Waals surface area contributed by atoms with Crippen LogP contribution in [0.2, 0.25) is 0 Å². The van der Waals surface area contributed by atoms with Gasteiger partial charge in [-0.05, 0) is 31.9 Å². The fourth-order valence-electron chi connectivity index (χ4n) is 2.13. The predicted molar refractivity (Wildman–Crippen MR) is 87.3 cm³/mol. The van der Waals surface area contributed by atoms with Crippen molar-refractivity contribution in [3.8, 4) is 5.75 Å². The van der Waals surface area contributed by atoms with Crippen molar-refractivity contribution in [1.82, 2.24) is 15.3 Å². The van der Waals surface area contributed by atoms with E-state index < -0.39 is 11.9 Å². The molecule has 7 nitrogen and oxygen atoms in total. The summed E-state index contributed by atoms with van der Waals surface area (Å²) < 4.78 is 5.79. The molecule has 1 aromatic heterocycles. The van der Waals surface area contributed by atoms with E-state index in [4.69, 9.17) is 9.84 Å². The maximum Gasteiger partial charge on any atom is 0.356 e. The molecular weight excluding hydrogens is 310 g/mol. The minimum atomic E-state index is -1.19. The van der Waals surface area contributed by atoms with Gasteiger partial charge in [0, 0.05) is 0 Å². The van der Waals surface area contributed by atoms with E-state index in [1.54, 1.807) is 0 Å². The van der Waals surface area contributed by atoms with Gasteiger partial charge in [-0.15, -0.1) is 0 Å². The molecule has 2 rings (SSSR count). The Kier molecular flexibility index (Phi) is 5.47. The van der Waals surface area contributed by atoms with Gasteiger partial charge in [0.25, 0.3) is 5.91 Å². The molecule has 0 aliphatic heterocycles. The predicted octanol–water partition coefficient (Wildman–Crippen LogP) is 1.99. The molecule has 1 unspecified atom stereocenters. The molecule has 126 valence electrons. The molecule has 0 bridgehead atoms. The first-order valence-corrected chi connectivity index (χ1v) is 7.43. The van der Waals surface area contributed by atoms with E-state index in [-0.39, 0.29) is 17.4 Å². The molecule has 0 spiro atoms. The highest BCUT2D eigenvalue weighted by Crippen LogP contribution is 2.22. The lowest BCUT2D eigenvalue weighted by molar-refractivity contribution is 0.0688. The van der Waals surface area contributed by atoms with Gasteiger partial charge in [-0.1, -0.05) is 18.2 Å². The van der Waals surface area contributed by atoms with Crippen molar-refractivity contribution in [2.45, 2.75) is 26.8 Å². The van der Waals surface area contributed by atoms with Gasteiger partial charge >= 0.3 is 5.97 Å². The van der Waals surface area contributed by atoms with Crippen LogP contribution in [0.5, 0.6) is 5.75 Å². The summed E-state index contributed by atoms with van der Waals surface area (Å²) in [5.41, 5.74) is 1.91. The van der Waals surface area contributed by atoms with Crippen LogP contribution in [-0.2, 0) is 0 Å². The molecular formula is C17H19N3O4. The Morgan fingerprint density at radius 3 is 2.29 bits per heavy atom. The van der Waals surface area contributed by atoms with Crippen molar-refractivity contribution in [1.29, 1.82) is 0 Å². The number of nitrogens with zero attached hydrogens (tertiary/aromatic N) is 2. The molecule has 1 atom stereocenters. The molecule has 0 fully saturated rings. The highest BCUT2D eigenvalue weighted by molar-refractivity contribution is 5.92. The lowest BCUT2D eigenvalue weighted by atomic mass is 10.1. The normalized spacial score (nSPS) is 11.6. The van der Waals surface area contributed by atoms with E-state index in [2.05, 4.69) is 15.3 Å². The summed E-state index contributed by atoms with van der Waals surface area (Å²) in [5.74, 6) is -0.814. The Morgan fingerprint density at radius 1 is 1.17 bits per heavy atom. The van der Waals surface area contributed by atoms with Crippen molar-refractivity contribution in [3.63, 3.8) is 0 Å². The van der Waals surface area contributed by atoms with E-state index in [0.29, 0.717) is 6.61 Å². The zero-order valence-corrected chi connectivity index (χ0v) is 13.7. The SMILES string of the molecule is Cc1cccc(C)c1OCC(C)NC(=O)c1cnc(C(=O)O)cn1. The highest BCUT2D eigenvalue weighted by atomic mass is 16.5. The molecule has 7 heteroatoms. The summed E-state index contributed by atoms with van der Waals surface area (Å²) in [6.45, 7) is 6.04. The quantitative estimate of drug-likeness (QED) is 0.840. The average molecular weight is 329 g/mol. The molecule has 2 N–H and O–H groups in total. The molecule has 24 heavy (non-hydrogen) atoms. The van der Waals surface area contributed by atoms with Crippen LogP contribution in [0, 0.1) is 13.8 Å². The summed E-state index contributed by atoms with van der Waals surface area (Å²) in [7, 11) is 0. The molecule has 0 radical (unpaired) electrons. The Morgan fingerprint density at radius 2 is 1.75 bits per heavy atom. The first-order valence-electron chi connectivity index (χ1n) is 7.43. The van der Waals surface area contributed by atoms with Crippen LogP contribution in [0.4, 0.5) is 0 Å². The number of hydrogen-bond acceptors (Lipinski definition) is 5. The average Bonchev–Trinajstić information content (AvgIpc) is 2.54. The van der Waals surface area contributed by atoms with Crippen LogP contribution in [0.15, 0.2) is 30.6 Å². The molecule has 0 aliphatic rings. The Hall–Kier alpha value is -2.96. The number of carboxylic acid groups (broad SMARTS) is 1. The van der Waals surface area contributed by atoms with Crippen molar-refractivity contribution in [2.75, 3.05) is 6.61 Å². The van der Waals surface area contributed by atoms with Gasteiger partial charge in [0.1, 0.15) is 18.1 Å². The van der Waals surface area contributed by atoms with Crippen molar-refractivity contribution >= 4 is 11.9 Å². The lowest BCUT2D eigenvalue weighted by Crippen LogP contribution is -2.37. The zero-order chi connectivity index (χ0) is 17.7. The number of para-hydroxylation sites is 1. The maximum absolute atomic E-state index is 12.1. The zero-order valence-electron chi connectivity index (χ0n) is 13.7. The van der Waals surface area contributed by atoms with E-state index >= 15 is 0 Å². The van der Waals surface area contributed by atoms with Crippen LogP contribution >= 0.6 is 0 Å².